The first-order valence-electron chi connectivity index (χ1n) is 13.3. The van der Waals surface area contributed by atoms with Crippen molar-refractivity contribution in [1.82, 2.24) is 0 Å². The molecule has 0 aliphatic heterocycles. The fourth-order valence-corrected chi connectivity index (χ4v) is 3.27. The Morgan fingerprint density at radius 2 is 1.32 bits per heavy atom. The number of hydrogen-bond donors (Lipinski definition) is 1. The van der Waals surface area contributed by atoms with Crippen LogP contribution in [0.2, 0.25) is 0 Å². The molecule has 0 rings (SSSR count). The molecule has 0 aliphatic carbocycles. The van der Waals surface area contributed by atoms with Gasteiger partial charge in [-0.05, 0) is 63.9 Å². The highest BCUT2D eigenvalue weighted by atomic mass is 16.5. The van der Waals surface area contributed by atoms with Gasteiger partial charge in [0.1, 0.15) is 6.10 Å². The lowest BCUT2D eigenvalue weighted by molar-refractivity contribution is -0.147. The van der Waals surface area contributed by atoms with Gasteiger partial charge >= 0.3 is 11.9 Å². The molecule has 0 saturated heterocycles. The summed E-state index contributed by atoms with van der Waals surface area (Å²) in [5, 5.41) is 8.71. The molecule has 4 nitrogen and oxygen atoms in total. The number of allylic oxidation sites excluding steroid dienone is 9. The Labute approximate surface area is 208 Å². The topological polar surface area (TPSA) is 63.6 Å². The van der Waals surface area contributed by atoms with Gasteiger partial charge in [-0.1, -0.05) is 94.2 Å². The van der Waals surface area contributed by atoms with Crippen LogP contribution in [0.4, 0.5) is 0 Å². The number of esters is 1. The van der Waals surface area contributed by atoms with E-state index in [2.05, 4.69) is 62.5 Å². The van der Waals surface area contributed by atoms with E-state index >= 15 is 0 Å². The van der Waals surface area contributed by atoms with Crippen molar-refractivity contribution in [1.29, 1.82) is 0 Å². The maximum atomic E-state index is 12.3. The predicted octanol–water partition coefficient (Wildman–Crippen LogP) is 8.66. The van der Waals surface area contributed by atoms with Crippen molar-refractivity contribution in [3.8, 4) is 0 Å². The van der Waals surface area contributed by atoms with E-state index in [1.807, 2.05) is 12.2 Å². The van der Waals surface area contributed by atoms with Gasteiger partial charge in [-0.25, -0.2) is 0 Å². The Hall–Kier alpha value is -2.36. The van der Waals surface area contributed by atoms with E-state index in [0.717, 1.165) is 70.6 Å². The fraction of sp³-hybridized carbons (Fsp3) is 0.600. The van der Waals surface area contributed by atoms with Crippen LogP contribution in [-0.2, 0) is 14.3 Å². The van der Waals surface area contributed by atoms with E-state index < -0.39 is 5.97 Å². The zero-order chi connectivity index (χ0) is 25.1. The molecular weight excluding hydrogens is 424 g/mol. The number of aliphatic carboxylic acids is 1. The number of ether oxygens (including phenoxy) is 1. The minimum absolute atomic E-state index is 0.154. The zero-order valence-electron chi connectivity index (χ0n) is 21.6. The summed E-state index contributed by atoms with van der Waals surface area (Å²) in [6, 6.07) is 0. The largest absolute Gasteiger partial charge is 0.481 e. The standard InChI is InChI=1S/C30H48O4/c1-3-5-7-9-10-11-12-13-14-15-16-17-23-27-30(33)34-28(24-20-8-6-4-2)25-21-18-19-22-26-29(31)32/h5,7,10-11,13-14,16-17,20,24,28H,3-4,6,8-9,12,15,18-19,21-23,25-27H2,1-2H3,(H,31,32)/b7-5-,11-10-,14-13-,17-16-,24-20-. The molecule has 0 bridgehead atoms. The molecule has 1 atom stereocenters. The van der Waals surface area contributed by atoms with Crippen LogP contribution in [0.25, 0.3) is 0 Å². The van der Waals surface area contributed by atoms with Gasteiger partial charge in [-0.3, -0.25) is 9.59 Å². The van der Waals surface area contributed by atoms with Gasteiger partial charge in [0.25, 0.3) is 0 Å². The van der Waals surface area contributed by atoms with Crippen LogP contribution in [-0.4, -0.2) is 23.1 Å². The second kappa shape index (κ2) is 25.3. The molecule has 0 aliphatic rings. The van der Waals surface area contributed by atoms with Crippen molar-refractivity contribution in [2.45, 2.75) is 116 Å². The van der Waals surface area contributed by atoms with Crippen LogP contribution in [0.5, 0.6) is 0 Å². The summed E-state index contributed by atoms with van der Waals surface area (Å²) in [6.07, 6.45) is 34.0. The Morgan fingerprint density at radius 3 is 1.94 bits per heavy atom. The van der Waals surface area contributed by atoms with Crippen LogP contribution in [0.3, 0.4) is 0 Å². The lowest BCUT2D eigenvalue weighted by Crippen LogP contribution is -2.16. The van der Waals surface area contributed by atoms with E-state index in [-0.39, 0.29) is 18.5 Å². The van der Waals surface area contributed by atoms with Crippen molar-refractivity contribution in [2.75, 3.05) is 0 Å². The zero-order valence-corrected chi connectivity index (χ0v) is 21.6. The quantitative estimate of drug-likeness (QED) is 0.0972. The lowest BCUT2D eigenvalue weighted by atomic mass is 10.1. The summed E-state index contributed by atoms with van der Waals surface area (Å²) in [5.41, 5.74) is 0. The second-order valence-electron chi connectivity index (χ2n) is 8.48. The number of rotatable bonds is 22. The van der Waals surface area contributed by atoms with Gasteiger partial charge in [0.05, 0.1) is 0 Å². The molecule has 4 heteroatoms. The van der Waals surface area contributed by atoms with Crippen LogP contribution in [0.15, 0.2) is 60.8 Å². The summed E-state index contributed by atoms with van der Waals surface area (Å²) in [6.45, 7) is 4.30. The van der Waals surface area contributed by atoms with Gasteiger partial charge in [-0.15, -0.1) is 0 Å². The molecule has 1 unspecified atom stereocenters. The second-order valence-corrected chi connectivity index (χ2v) is 8.48. The number of carbonyl (C=O) groups is 2. The van der Waals surface area contributed by atoms with Crippen molar-refractivity contribution in [3.63, 3.8) is 0 Å². The molecule has 1 N–H and O–H groups in total. The third-order valence-corrected chi connectivity index (χ3v) is 5.22. The molecule has 0 fully saturated rings. The molecule has 0 aromatic heterocycles. The fourth-order valence-electron chi connectivity index (χ4n) is 3.27. The van der Waals surface area contributed by atoms with E-state index in [0.29, 0.717) is 19.3 Å². The minimum atomic E-state index is -0.737. The summed E-state index contributed by atoms with van der Waals surface area (Å²) >= 11 is 0. The van der Waals surface area contributed by atoms with Crippen LogP contribution in [0, 0.1) is 0 Å². The minimum Gasteiger partial charge on any atom is -0.481 e. The first-order valence-corrected chi connectivity index (χ1v) is 13.3. The normalized spacial score (nSPS) is 13.2. The number of carbonyl (C=O) groups excluding carboxylic acids is 1. The van der Waals surface area contributed by atoms with Crippen molar-refractivity contribution in [2.24, 2.45) is 0 Å². The number of hydrogen-bond acceptors (Lipinski definition) is 3. The molecule has 34 heavy (non-hydrogen) atoms. The third kappa shape index (κ3) is 24.3. The van der Waals surface area contributed by atoms with E-state index in [9.17, 15) is 9.59 Å². The first-order chi connectivity index (χ1) is 16.6. The average Bonchev–Trinajstić information content (AvgIpc) is 2.81. The van der Waals surface area contributed by atoms with Crippen LogP contribution >= 0.6 is 0 Å². The van der Waals surface area contributed by atoms with Crippen molar-refractivity contribution in [3.05, 3.63) is 60.8 Å². The summed E-state index contributed by atoms with van der Waals surface area (Å²) in [7, 11) is 0. The monoisotopic (exact) mass is 472 g/mol. The van der Waals surface area contributed by atoms with Crippen LogP contribution in [0.1, 0.15) is 110 Å². The van der Waals surface area contributed by atoms with Crippen LogP contribution < -0.4 is 0 Å². The SMILES string of the molecule is CC/C=C\C/C=C\C/C=C\C/C=C\CCC(=O)OC(/C=C\CCCC)CCCCCCC(=O)O. The number of unbranched alkanes of at least 4 members (excludes halogenated alkanes) is 5. The number of carboxylic acids is 1. The van der Waals surface area contributed by atoms with Gasteiger partial charge in [0.2, 0.25) is 0 Å². The Kier molecular flexibility index (Phi) is 23.5. The molecule has 0 radical (unpaired) electrons. The molecule has 0 spiro atoms. The predicted molar refractivity (Wildman–Crippen MR) is 144 cm³/mol. The van der Waals surface area contributed by atoms with E-state index in [4.69, 9.17) is 9.84 Å². The van der Waals surface area contributed by atoms with Crippen molar-refractivity contribution >= 4 is 11.9 Å². The molecular formula is C30H48O4. The maximum absolute atomic E-state index is 12.3. The van der Waals surface area contributed by atoms with Crippen molar-refractivity contribution < 1.29 is 19.4 Å². The summed E-state index contributed by atoms with van der Waals surface area (Å²) in [4.78, 5) is 22.9. The Balaban J connectivity index is 4.14. The van der Waals surface area contributed by atoms with Gasteiger partial charge in [-0.2, -0.15) is 0 Å². The smallest absolute Gasteiger partial charge is 0.306 e. The summed E-state index contributed by atoms with van der Waals surface area (Å²) < 4.78 is 5.70. The van der Waals surface area contributed by atoms with Gasteiger partial charge < -0.3 is 9.84 Å². The molecule has 0 heterocycles. The maximum Gasteiger partial charge on any atom is 0.306 e. The van der Waals surface area contributed by atoms with E-state index in [1.54, 1.807) is 0 Å². The lowest BCUT2D eigenvalue weighted by Gasteiger charge is -2.14. The highest BCUT2D eigenvalue weighted by molar-refractivity contribution is 5.69. The van der Waals surface area contributed by atoms with Gasteiger partial charge in [0.15, 0.2) is 0 Å². The highest BCUT2D eigenvalue weighted by Crippen LogP contribution is 2.13. The first kappa shape index (κ1) is 31.6. The van der Waals surface area contributed by atoms with Gasteiger partial charge in [0, 0.05) is 12.8 Å². The average molecular weight is 473 g/mol. The van der Waals surface area contributed by atoms with E-state index in [1.165, 1.54) is 0 Å². The Bertz CT molecular complexity index is 640. The summed E-state index contributed by atoms with van der Waals surface area (Å²) in [5.74, 6) is -0.891. The molecule has 0 saturated carbocycles. The molecule has 192 valence electrons. The Morgan fingerprint density at radius 1 is 0.706 bits per heavy atom. The molecule has 0 aromatic rings. The molecule has 0 amide bonds. The highest BCUT2D eigenvalue weighted by Gasteiger charge is 2.11. The number of carboxylic acid groups (broad SMARTS) is 1. The molecule has 0 aromatic carbocycles. The third-order valence-electron chi connectivity index (χ3n) is 5.22.